The van der Waals surface area contributed by atoms with Gasteiger partial charge in [0.2, 0.25) is 0 Å². The van der Waals surface area contributed by atoms with Crippen LogP contribution in [0.25, 0.3) is 0 Å². The molecule has 0 saturated heterocycles. The van der Waals surface area contributed by atoms with Crippen molar-refractivity contribution in [2.75, 3.05) is 6.54 Å². The fourth-order valence-electron chi connectivity index (χ4n) is 2.56. The SMILES string of the molecule is CCc1nn(Cc2cnn(C)c2)c(CC)c1CCN. The number of hydrogen-bond donors (Lipinski definition) is 1. The Morgan fingerprint density at radius 3 is 2.58 bits per heavy atom. The molecule has 0 amide bonds. The van der Waals surface area contributed by atoms with Crippen molar-refractivity contribution in [2.24, 2.45) is 12.8 Å². The number of nitrogens with two attached hydrogens (primary N) is 1. The lowest BCUT2D eigenvalue weighted by atomic mass is 10.1. The van der Waals surface area contributed by atoms with Gasteiger partial charge in [0.15, 0.2) is 0 Å². The smallest absolute Gasteiger partial charge is 0.0693 e. The highest BCUT2D eigenvalue weighted by Gasteiger charge is 2.15. The van der Waals surface area contributed by atoms with Crippen molar-refractivity contribution in [3.8, 4) is 0 Å². The molecule has 2 rings (SSSR count). The van der Waals surface area contributed by atoms with Crippen molar-refractivity contribution in [3.05, 3.63) is 34.9 Å². The summed E-state index contributed by atoms with van der Waals surface area (Å²) in [6, 6.07) is 0. The highest BCUT2D eigenvalue weighted by atomic mass is 15.3. The monoisotopic (exact) mass is 261 g/mol. The van der Waals surface area contributed by atoms with Gasteiger partial charge in [0, 0.05) is 24.5 Å². The summed E-state index contributed by atoms with van der Waals surface area (Å²) in [6.07, 6.45) is 6.80. The summed E-state index contributed by atoms with van der Waals surface area (Å²) in [5.41, 5.74) is 10.7. The van der Waals surface area contributed by atoms with Gasteiger partial charge in [-0.25, -0.2) is 0 Å². The molecule has 0 bridgehead atoms. The lowest BCUT2D eigenvalue weighted by molar-refractivity contribution is 0.638. The van der Waals surface area contributed by atoms with E-state index in [1.165, 1.54) is 22.5 Å². The third-order valence-corrected chi connectivity index (χ3v) is 3.40. The van der Waals surface area contributed by atoms with Gasteiger partial charge in [-0.05, 0) is 31.4 Å². The molecule has 0 aliphatic heterocycles. The number of nitrogens with zero attached hydrogens (tertiary/aromatic N) is 4. The molecule has 2 N–H and O–H groups in total. The normalized spacial score (nSPS) is 11.2. The van der Waals surface area contributed by atoms with Crippen molar-refractivity contribution in [1.29, 1.82) is 0 Å². The molecule has 0 unspecified atom stereocenters. The second-order valence-corrected chi connectivity index (χ2v) is 4.80. The van der Waals surface area contributed by atoms with E-state index >= 15 is 0 Å². The molecular formula is C14H23N5. The minimum absolute atomic E-state index is 0.679. The van der Waals surface area contributed by atoms with Gasteiger partial charge in [0.05, 0.1) is 18.4 Å². The van der Waals surface area contributed by atoms with E-state index in [2.05, 4.69) is 23.6 Å². The second kappa shape index (κ2) is 6.02. The maximum Gasteiger partial charge on any atom is 0.0693 e. The van der Waals surface area contributed by atoms with Crippen molar-refractivity contribution in [3.63, 3.8) is 0 Å². The quantitative estimate of drug-likeness (QED) is 0.852. The van der Waals surface area contributed by atoms with Crippen LogP contribution in [0.1, 0.15) is 36.4 Å². The first kappa shape index (κ1) is 13.8. The van der Waals surface area contributed by atoms with E-state index < -0.39 is 0 Å². The topological polar surface area (TPSA) is 61.7 Å². The molecule has 0 aliphatic rings. The first-order valence-corrected chi connectivity index (χ1v) is 6.94. The highest BCUT2D eigenvalue weighted by molar-refractivity contribution is 5.28. The Morgan fingerprint density at radius 1 is 1.26 bits per heavy atom. The minimum atomic E-state index is 0.679. The first-order chi connectivity index (χ1) is 9.19. The molecule has 0 aromatic carbocycles. The number of rotatable bonds is 6. The van der Waals surface area contributed by atoms with Crippen LogP contribution in [-0.2, 0) is 32.9 Å². The lowest BCUT2D eigenvalue weighted by Crippen LogP contribution is -2.08. The molecule has 2 aromatic heterocycles. The summed E-state index contributed by atoms with van der Waals surface area (Å²) in [5.74, 6) is 0. The van der Waals surface area contributed by atoms with E-state index in [9.17, 15) is 0 Å². The van der Waals surface area contributed by atoms with Crippen LogP contribution in [0.4, 0.5) is 0 Å². The molecular weight excluding hydrogens is 238 g/mol. The van der Waals surface area contributed by atoms with Crippen molar-refractivity contribution >= 4 is 0 Å². The Labute approximate surface area is 114 Å². The number of aromatic nitrogens is 4. The predicted octanol–water partition coefficient (Wildman–Crippen LogP) is 1.29. The van der Waals surface area contributed by atoms with Crippen molar-refractivity contribution in [1.82, 2.24) is 19.6 Å². The molecule has 0 fully saturated rings. The first-order valence-electron chi connectivity index (χ1n) is 6.94. The third-order valence-electron chi connectivity index (χ3n) is 3.40. The summed E-state index contributed by atoms with van der Waals surface area (Å²) in [7, 11) is 1.94. The zero-order chi connectivity index (χ0) is 13.8. The lowest BCUT2D eigenvalue weighted by Gasteiger charge is -2.06. The van der Waals surface area contributed by atoms with Crippen LogP contribution >= 0.6 is 0 Å². The maximum absolute atomic E-state index is 5.72. The number of hydrogen-bond acceptors (Lipinski definition) is 3. The zero-order valence-electron chi connectivity index (χ0n) is 12.1. The van der Waals surface area contributed by atoms with Crippen LogP contribution < -0.4 is 5.73 Å². The highest BCUT2D eigenvalue weighted by Crippen LogP contribution is 2.18. The van der Waals surface area contributed by atoms with E-state index in [4.69, 9.17) is 10.8 Å². The molecule has 5 nitrogen and oxygen atoms in total. The van der Waals surface area contributed by atoms with Gasteiger partial charge in [0.1, 0.15) is 0 Å². The summed E-state index contributed by atoms with van der Waals surface area (Å²) in [5, 5.41) is 8.96. The largest absolute Gasteiger partial charge is 0.330 e. The Balaban J connectivity index is 2.33. The van der Waals surface area contributed by atoms with Gasteiger partial charge in [0.25, 0.3) is 0 Å². The Morgan fingerprint density at radius 2 is 2.05 bits per heavy atom. The molecule has 2 aromatic rings. The van der Waals surface area contributed by atoms with Crippen LogP contribution in [0.15, 0.2) is 12.4 Å². The molecule has 0 spiro atoms. The standard InChI is InChI=1S/C14H23N5/c1-4-13-12(6-7-15)14(5-2)19(17-13)10-11-8-16-18(3)9-11/h8-9H,4-7,10,15H2,1-3H3. The molecule has 0 saturated carbocycles. The van der Waals surface area contributed by atoms with Crippen molar-refractivity contribution < 1.29 is 0 Å². The molecule has 5 heteroatoms. The summed E-state index contributed by atoms with van der Waals surface area (Å²) < 4.78 is 3.94. The number of aryl methyl sites for hydroxylation is 2. The molecule has 0 atom stereocenters. The third kappa shape index (κ3) is 2.87. The minimum Gasteiger partial charge on any atom is -0.330 e. The summed E-state index contributed by atoms with van der Waals surface area (Å²) >= 11 is 0. The van der Waals surface area contributed by atoms with E-state index in [0.29, 0.717) is 6.54 Å². The average molecular weight is 261 g/mol. The van der Waals surface area contributed by atoms with E-state index in [1.54, 1.807) is 0 Å². The van der Waals surface area contributed by atoms with E-state index in [0.717, 1.165) is 25.8 Å². The van der Waals surface area contributed by atoms with Crippen LogP contribution in [0, 0.1) is 0 Å². The van der Waals surface area contributed by atoms with Crippen LogP contribution in [0.5, 0.6) is 0 Å². The van der Waals surface area contributed by atoms with E-state index in [1.807, 2.05) is 24.1 Å². The Kier molecular flexibility index (Phi) is 4.37. The predicted molar refractivity (Wildman–Crippen MR) is 76.1 cm³/mol. The second-order valence-electron chi connectivity index (χ2n) is 4.80. The van der Waals surface area contributed by atoms with Crippen LogP contribution in [-0.4, -0.2) is 26.1 Å². The molecule has 19 heavy (non-hydrogen) atoms. The van der Waals surface area contributed by atoms with Gasteiger partial charge >= 0.3 is 0 Å². The van der Waals surface area contributed by atoms with Gasteiger partial charge in [-0.2, -0.15) is 10.2 Å². The van der Waals surface area contributed by atoms with Crippen molar-refractivity contribution in [2.45, 2.75) is 39.7 Å². The van der Waals surface area contributed by atoms with Gasteiger partial charge in [-0.1, -0.05) is 13.8 Å². The average Bonchev–Trinajstić information content (AvgIpc) is 2.94. The molecule has 2 heterocycles. The van der Waals surface area contributed by atoms with Gasteiger partial charge < -0.3 is 5.73 Å². The summed E-state index contributed by atoms with van der Waals surface area (Å²) in [4.78, 5) is 0. The Hall–Kier alpha value is -1.62. The van der Waals surface area contributed by atoms with E-state index in [-0.39, 0.29) is 0 Å². The fourth-order valence-corrected chi connectivity index (χ4v) is 2.56. The molecule has 0 radical (unpaired) electrons. The zero-order valence-corrected chi connectivity index (χ0v) is 12.1. The van der Waals surface area contributed by atoms with Crippen LogP contribution in [0.3, 0.4) is 0 Å². The molecule has 104 valence electrons. The van der Waals surface area contributed by atoms with Crippen LogP contribution in [0.2, 0.25) is 0 Å². The summed E-state index contributed by atoms with van der Waals surface area (Å²) in [6.45, 7) is 5.79. The molecule has 0 aliphatic carbocycles. The maximum atomic E-state index is 5.72. The van der Waals surface area contributed by atoms with Gasteiger partial charge in [-0.3, -0.25) is 9.36 Å². The Bertz CT molecular complexity index is 538. The fraction of sp³-hybridized carbons (Fsp3) is 0.571. The van der Waals surface area contributed by atoms with Gasteiger partial charge in [-0.15, -0.1) is 0 Å².